The monoisotopic (exact) mass is 454 g/mol. The Balaban J connectivity index is 1.71. The van der Waals surface area contributed by atoms with Crippen LogP contribution in [0.25, 0.3) is 5.57 Å². The molecule has 3 rings (SSSR count). The van der Waals surface area contributed by atoms with Crippen molar-refractivity contribution in [3.8, 4) is 5.75 Å². The third-order valence-corrected chi connectivity index (χ3v) is 11.0. The standard InChI is InChI=1S/C30H34O2Si/c1-25(26-17-15-18-27(24-26)31-5)16-9-8-14-23-32-33(30(2,3)4,28-19-10-6-11-20-28)29-21-12-7-13-22-29/h6-13,15,17-22,24H,14,16,23H2,2-5H3/b9-8+. The van der Waals surface area contributed by atoms with Crippen LogP contribution in [0.1, 0.15) is 39.2 Å². The third-order valence-electron chi connectivity index (χ3n) is 5.93. The summed E-state index contributed by atoms with van der Waals surface area (Å²) in [7, 11) is -0.837. The number of hydrogen-bond donors (Lipinski definition) is 0. The predicted molar refractivity (Wildman–Crippen MR) is 142 cm³/mol. The van der Waals surface area contributed by atoms with Gasteiger partial charge < -0.3 is 9.16 Å². The third kappa shape index (κ3) is 5.92. The van der Waals surface area contributed by atoms with E-state index in [1.807, 2.05) is 24.3 Å². The van der Waals surface area contributed by atoms with Crippen LogP contribution in [-0.2, 0) is 4.43 Å². The molecule has 0 aliphatic heterocycles. The lowest BCUT2D eigenvalue weighted by atomic mass is 10.0. The lowest BCUT2D eigenvalue weighted by Gasteiger charge is -2.43. The SMILES string of the molecule is [C]=C(C/C=C/CCO[Si](c1ccccc1)(c1ccccc1)C(C)(C)C)c1cccc(OC)c1. The molecule has 0 unspecified atom stereocenters. The Morgan fingerprint density at radius 2 is 1.45 bits per heavy atom. The molecule has 0 aliphatic rings. The van der Waals surface area contributed by atoms with Crippen LogP contribution >= 0.6 is 0 Å². The van der Waals surface area contributed by atoms with Gasteiger partial charge in [0, 0.05) is 6.61 Å². The molecule has 2 radical (unpaired) electrons. The number of hydrogen-bond acceptors (Lipinski definition) is 2. The van der Waals surface area contributed by atoms with Crippen molar-refractivity contribution in [2.24, 2.45) is 0 Å². The molecule has 0 N–H and O–H groups in total. The van der Waals surface area contributed by atoms with Crippen LogP contribution in [0.5, 0.6) is 5.75 Å². The molecular weight excluding hydrogens is 420 g/mol. The highest BCUT2D eigenvalue weighted by atomic mass is 28.4. The summed E-state index contributed by atoms with van der Waals surface area (Å²) >= 11 is 0. The second-order valence-corrected chi connectivity index (χ2v) is 13.5. The molecule has 3 heteroatoms. The van der Waals surface area contributed by atoms with Gasteiger partial charge in [0.25, 0.3) is 8.32 Å². The number of rotatable bonds is 10. The van der Waals surface area contributed by atoms with Gasteiger partial charge in [0.15, 0.2) is 0 Å². The zero-order valence-corrected chi connectivity index (χ0v) is 21.2. The van der Waals surface area contributed by atoms with E-state index in [2.05, 4.69) is 93.6 Å². The maximum atomic E-state index is 8.36. The fraction of sp³-hybridized carbons (Fsp3) is 0.267. The van der Waals surface area contributed by atoms with E-state index in [1.165, 1.54) is 10.4 Å². The molecule has 3 aromatic carbocycles. The Bertz CT molecular complexity index is 1010. The second-order valence-electron chi connectivity index (χ2n) is 9.19. The van der Waals surface area contributed by atoms with Crippen LogP contribution in [0.3, 0.4) is 0 Å². The first-order valence-electron chi connectivity index (χ1n) is 11.5. The summed E-state index contributed by atoms with van der Waals surface area (Å²) in [5, 5.41) is 2.58. The first-order chi connectivity index (χ1) is 15.9. The molecule has 0 bridgehead atoms. The van der Waals surface area contributed by atoms with E-state index in [1.54, 1.807) is 7.11 Å². The Hall–Kier alpha value is -2.88. The maximum absolute atomic E-state index is 8.36. The van der Waals surface area contributed by atoms with E-state index in [0.29, 0.717) is 18.6 Å². The molecule has 0 atom stereocenters. The number of methoxy groups -OCH3 is 1. The lowest BCUT2D eigenvalue weighted by molar-refractivity contribution is 0.304. The highest BCUT2D eigenvalue weighted by Crippen LogP contribution is 2.36. The van der Waals surface area contributed by atoms with Crippen molar-refractivity contribution in [2.45, 2.75) is 38.7 Å². The van der Waals surface area contributed by atoms with Crippen LogP contribution in [0.2, 0.25) is 5.04 Å². The minimum atomic E-state index is -2.48. The lowest BCUT2D eigenvalue weighted by Crippen LogP contribution is -2.66. The molecule has 33 heavy (non-hydrogen) atoms. The van der Waals surface area contributed by atoms with Gasteiger partial charge in [-0.25, -0.2) is 0 Å². The fourth-order valence-corrected chi connectivity index (χ4v) is 8.87. The molecule has 0 saturated heterocycles. The average Bonchev–Trinajstić information content (AvgIpc) is 2.84. The Morgan fingerprint density at radius 3 is 2.00 bits per heavy atom. The molecule has 0 aliphatic carbocycles. The predicted octanol–water partition coefficient (Wildman–Crippen LogP) is 6.30. The quantitative estimate of drug-likeness (QED) is 0.203. The average molecular weight is 455 g/mol. The van der Waals surface area contributed by atoms with Crippen molar-refractivity contribution in [1.29, 1.82) is 0 Å². The van der Waals surface area contributed by atoms with Crippen molar-refractivity contribution in [3.63, 3.8) is 0 Å². The van der Waals surface area contributed by atoms with Crippen LogP contribution in [0.15, 0.2) is 97.1 Å². The van der Waals surface area contributed by atoms with E-state index < -0.39 is 8.32 Å². The van der Waals surface area contributed by atoms with Crippen LogP contribution in [0, 0.1) is 6.58 Å². The highest BCUT2D eigenvalue weighted by Gasteiger charge is 2.49. The zero-order chi connectivity index (χ0) is 23.7. The summed E-state index contributed by atoms with van der Waals surface area (Å²) in [6.45, 7) is 15.9. The Labute approximate surface area is 200 Å². The molecule has 170 valence electrons. The minimum absolute atomic E-state index is 0.0199. The molecule has 0 spiro atoms. The summed E-state index contributed by atoms with van der Waals surface area (Å²) in [4.78, 5) is 0. The second kappa shape index (κ2) is 11.3. The van der Waals surface area contributed by atoms with Crippen LogP contribution < -0.4 is 15.1 Å². The van der Waals surface area contributed by atoms with Crippen LogP contribution in [-0.4, -0.2) is 22.0 Å². The Kier molecular flexibility index (Phi) is 8.48. The van der Waals surface area contributed by atoms with Gasteiger partial charge in [-0.15, -0.1) is 0 Å². The van der Waals surface area contributed by atoms with Crippen LogP contribution in [0.4, 0.5) is 0 Å². The van der Waals surface area contributed by atoms with E-state index in [9.17, 15) is 0 Å². The van der Waals surface area contributed by atoms with Gasteiger partial charge in [0.1, 0.15) is 5.75 Å². The van der Waals surface area contributed by atoms with Crippen molar-refractivity contribution >= 4 is 24.3 Å². The van der Waals surface area contributed by atoms with Gasteiger partial charge in [0.05, 0.1) is 7.11 Å². The first kappa shape index (κ1) is 24.8. The fourth-order valence-electron chi connectivity index (χ4n) is 4.29. The van der Waals surface area contributed by atoms with E-state index in [4.69, 9.17) is 15.7 Å². The summed E-state index contributed by atoms with van der Waals surface area (Å²) in [5.74, 6) is 0.778. The van der Waals surface area contributed by atoms with Gasteiger partial charge in [-0.05, 0) is 58.1 Å². The van der Waals surface area contributed by atoms with Gasteiger partial charge >= 0.3 is 0 Å². The van der Waals surface area contributed by atoms with E-state index >= 15 is 0 Å². The molecule has 3 aromatic rings. The van der Waals surface area contributed by atoms with Crippen molar-refractivity contribution in [1.82, 2.24) is 0 Å². The number of ether oxygens (including phenoxy) is 1. The zero-order valence-electron chi connectivity index (χ0n) is 20.2. The highest BCUT2D eigenvalue weighted by molar-refractivity contribution is 6.99. The number of benzene rings is 3. The van der Waals surface area contributed by atoms with Crippen molar-refractivity contribution in [3.05, 3.63) is 109 Å². The summed E-state index contributed by atoms with van der Waals surface area (Å²) in [6.07, 6.45) is 5.60. The largest absolute Gasteiger partial charge is 0.497 e. The normalized spacial score (nSPS) is 12.1. The molecule has 2 nitrogen and oxygen atoms in total. The number of allylic oxidation sites excluding steroid dienone is 2. The summed E-state index contributed by atoms with van der Waals surface area (Å²) in [5.41, 5.74) is 1.47. The molecular formula is C30H34O2Si. The van der Waals surface area contributed by atoms with E-state index in [-0.39, 0.29) is 5.04 Å². The van der Waals surface area contributed by atoms with E-state index in [0.717, 1.165) is 17.7 Å². The molecule has 0 saturated carbocycles. The molecule has 0 heterocycles. The van der Waals surface area contributed by atoms with Gasteiger partial charge in [-0.1, -0.05) is 106 Å². The molecule has 0 amide bonds. The topological polar surface area (TPSA) is 18.5 Å². The minimum Gasteiger partial charge on any atom is -0.497 e. The van der Waals surface area contributed by atoms with Gasteiger partial charge in [-0.3, -0.25) is 0 Å². The van der Waals surface area contributed by atoms with Gasteiger partial charge in [0.2, 0.25) is 0 Å². The smallest absolute Gasteiger partial charge is 0.261 e. The summed E-state index contributed by atoms with van der Waals surface area (Å²) < 4.78 is 12.2. The molecule has 0 aromatic heterocycles. The Morgan fingerprint density at radius 1 is 0.848 bits per heavy atom. The summed E-state index contributed by atoms with van der Waals surface area (Å²) in [6, 6.07) is 29.1. The first-order valence-corrected chi connectivity index (χ1v) is 13.4. The van der Waals surface area contributed by atoms with Crippen molar-refractivity contribution in [2.75, 3.05) is 13.7 Å². The maximum Gasteiger partial charge on any atom is 0.261 e. The van der Waals surface area contributed by atoms with Gasteiger partial charge in [-0.2, -0.15) is 0 Å². The van der Waals surface area contributed by atoms with Crippen molar-refractivity contribution < 1.29 is 9.16 Å². The molecule has 0 fully saturated rings.